The quantitative estimate of drug-likeness (QED) is 0.858. The first-order valence-electron chi connectivity index (χ1n) is 7.90. The fraction of sp³-hybridized carbons (Fsp3) is 0.444. The number of rotatable bonds is 6. The first kappa shape index (κ1) is 14.8. The molecule has 2 unspecified atom stereocenters. The highest BCUT2D eigenvalue weighted by Gasteiger charge is 2.24. The zero-order chi connectivity index (χ0) is 14.5. The van der Waals surface area contributed by atoms with Crippen molar-refractivity contribution in [2.45, 2.75) is 31.8 Å². The van der Waals surface area contributed by atoms with E-state index >= 15 is 0 Å². The lowest BCUT2D eigenvalue weighted by Gasteiger charge is -2.28. The summed E-state index contributed by atoms with van der Waals surface area (Å²) in [5.74, 6) is 0. The Hall–Kier alpha value is -1.16. The predicted molar refractivity (Wildman–Crippen MR) is 90.7 cm³/mol. The molecule has 0 bridgehead atoms. The van der Waals surface area contributed by atoms with Crippen LogP contribution in [-0.4, -0.2) is 24.5 Å². The van der Waals surface area contributed by atoms with Crippen LogP contribution in [0.15, 0.2) is 47.8 Å². The van der Waals surface area contributed by atoms with E-state index in [1.54, 1.807) is 0 Å². The monoisotopic (exact) mass is 300 g/mol. The molecule has 1 aliphatic heterocycles. The van der Waals surface area contributed by atoms with Crippen molar-refractivity contribution in [2.24, 2.45) is 0 Å². The normalized spacial score (nSPS) is 18.7. The van der Waals surface area contributed by atoms with Gasteiger partial charge in [-0.15, -0.1) is 11.3 Å². The lowest BCUT2D eigenvalue weighted by molar-refractivity contribution is 0.237. The van der Waals surface area contributed by atoms with Crippen LogP contribution < -0.4 is 5.32 Å². The molecule has 0 aliphatic carbocycles. The molecule has 1 aliphatic rings. The smallest absolute Gasteiger partial charge is 0.0566 e. The van der Waals surface area contributed by atoms with Gasteiger partial charge in [0.15, 0.2) is 0 Å². The maximum Gasteiger partial charge on any atom is 0.0566 e. The fourth-order valence-electron chi connectivity index (χ4n) is 3.09. The molecule has 3 heteroatoms. The fourth-order valence-corrected chi connectivity index (χ4v) is 3.95. The van der Waals surface area contributed by atoms with Gasteiger partial charge in [-0.25, -0.2) is 0 Å². The molecule has 112 valence electrons. The van der Waals surface area contributed by atoms with Crippen LogP contribution >= 0.6 is 11.3 Å². The molecule has 21 heavy (non-hydrogen) atoms. The molecule has 3 rings (SSSR count). The first-order valence-corrected chi connectivity index (χ1v) is 8.78. The Kier molecular flexibility index (Phi) is 5.07. The van der Waals surface area contributed by atoms with Gasteiger partial charge < -0.3 is 5.32 Å². The molecule has 1 fully saturated rings. The summed E-state index contributed by atoms with van der Waals surface area (Å²) in [4.78, 5) is 4.13. The van der Waals surface area contributed by atoms with Crippen LogP contribution in [0.5, 0.6) is 0 Å². The lowest BCUT2D eigenvalue weighted by Crippen LogP contribution is -2.34. The standard InChI is InChI=1S/C18H24N2S/c1-15(16-8-3-2-4-9-16)19-14-17(18-10-7-13-21-18)20-11-5-6-12-20/h2-4,7-10,13,15,17,19H,5-6,11-12,14H2,1H3. The Morgan fingerprint density at radius 3 is 2.52 bits per heavy atom. The second-order valence-electron chi connectivity index (χ2n) is 5.81. The highest BCUT2D eigenvalue weighted by Crippen LogP contribution is 2.28. The van der Waals surface area contributed by atoms with Crippen LogP contribution in [0.4, 0.5) is 0 Å². The van der Waals surface area contributed by atoms with Gasteiger partial charge in [-0.1, -0.05) is 36.4 Å². The van der Waals surface area contributed by atoms with Crippen molar-refractivity contribution < 1.29 is 0 Å². The Morgan fingerprint density at radius 2 is 1.86 bits per heavy atom. The SMILES string of the molecule is CC(NCC(c1cccs1)N1CCCC1)c1ccccc1. The van der Waals surface area contributed by atoms with Crippen LogP contribution in [0, 0.1) is 0 Å². The maximum absolute atomic E-state index is 3.73. The summed E-state index contributed by atoms with van der Waals surface area (Å²) >= 11 is 1.88. The van der Waals surface area contributed by atoms with Gasteiger partial charge in [-0.05, 0) is 49.9 Å². The molecule has 0 radical (unpaired) electrons. The average molecular weight is 300 g/mol. The van der Waals surface area contributed by atoms with Gasteiger partial charge in [-0.2, -0.15) is 0 Å². The minimum Gasteiger partial charge on any atom is -0.308 e. The van der Waals surface area contributed by atoms with Crippen molar-refractivity contribution in [1.82, 2.24) is 10.2 Å². The summed E-state index contributed by atoms with van der Waals surface area (Å²) in [6.45, 7) is 5.76. The number of nitrogens with one attached hydrogen (secondary N) is 1. The molecule has 1 saturated heterocycles. The van der Waals surface area contributed by atoms with Crippen molar-refractivity contribution in [3.63, 3.8) is 0 Å². The minimum atomic E-state index is 0.399. The maximum atomic E-state index is 3.73. The van der Waals surface area contributed by atoms with Crippen LogP contribution in [-0.2, 0) is 0 Å². The van der Waals surface area contributed by atoms with Gasteiger partial charge in [0.1, 0.15) is 0 Å². The molecular formula is C18H24N2S. The predicted octanol–water partition coefficient (Wildman–Crippen LogP) is 4.24. The van der Waals surface area contributed by atoms with Crippen molar-refractivity contribution in [3.8, 4) is 0 Å². The van der Waals surface area contributed by atoms with Gasteiger partial charge >= 0.3 is 0 Å². The Balaban J connectivity index is 1.65. The summed E-state index contributed by atoms with van der Waals surface area (Å²) in [5, 5.41) is 5.92. The molecule has 1 N–H and O–H groups in total. The van der Waals surface area contributed by atoms with Gasteiger partial charge in [0.05, 0.1) is 6.04 Å². The number of hydrogen-bond donors (Lipinski definition) is 1. The largest absolute Gasteiger partial charge is 0.308 e. The second kappa shape index (κ2) is 7.21. The first-order chi connectivity index (χ1) is 10.3. The molecule has 2 heterocycles. The minimum absolute atomic E-state index is 0.399. The van der Waals surface area contributed by atoms with E-state index in [1.807, 2.05) is 11.3 Å². The van der Waals surface area contributed by atoms with Gasteiger partial charge in [0, 0.05) is 17.5 Å². The van der Waals surface area contributed by atoms with Crippen LogP contribution in [0.1, 0.15) is 42.3 Å². The summed E-state index contributed by atoms with van der Waals surface area (Å²) < 4.78 is 0. The van der Waals surface area contributed by atoms with E-state index in [-0.39, 0.29) is 0 Å². The average Bonchev–Trinajstić information content (AvgIpc) is 3.22. The molecule has 2 nitrogen and oxygen atoms in total. The zero-order valence-corrected chi connectivity index (χ0v) is 13.5. The van der Waals surface area contributed by atoms with Crippen LogP contribution in [0.2, 0.25) is 0 Å². The Morgan fingerprint density at radius 1 is 1.10 bits per heavy atom. The summed E-state index contributed by atoms with van der Waals surface area (Å²) in [6.07, 6.45) is 2.69. The molecule has 1 aromatic heterocycles. The summed E-state index contributed by atoms with van der Waals surface area (Å²) in [6, 6.07) is 16.1. The van der Waals surface area contributed by atoms with Crippen molar-refractivity contribution in [2.75, 3.05) is 19.6 Å². The molecule has 2 aromatic rings. The van der Waals surface area contributed by atoms with E-state index in [9.17, 15) is 0 Å². The highest BCUT2D eigenvalue weighted by molar-refractivity contribution is 7.10. The molecule has 1 aromatic carbocycles. The summed E-state index contributed by atoms with van der Waals surface area (Å²) in [7, 11) is 0. The molecule has 0 spiro atoms. The van der Waals surface area contributed by atoms with Crippen molar-refractivity contribution >= 4 is 11.3 Å². The molecule has 0 saturated carbocycles. The lowest BCUT2D eigenvalue weighted by atomic mass is 10.1. The highest BCUT2D eigenvalue weighted by atomic mass is 32.1. The van der Waals surface area contributed by atoms with E-state index < -0.39 is 0 Å². The van der Waals surface area contributed by atoms with Crippen molar-refractivity contribution in [1.29, 1.82) is 0 Å². The van der Waals surface area contributed by atoms with E-state index in [1.165, 1.54) is 36.4 Å². The van der Waals surface area contributed by atoms with E-state index in [4.69, 9.17) is 0 Å². The number of benzene rings is 1. The third-order valence-corrected chi connectivity index (χ3v) is 5.34. The van der Waals surface area contributed by atoms with E-state index in [2.05, 4.69) is 65.0 Å². The van der Waals surface area contributed by atoms with E-state index in [0.29, 0.717) is 12.1 Å². The number of likely N-dealkylation sites (tertiary alicyclic amines) is 1. The van der Waals surface area contributed by atoms with Gasteiger partial charge in [0.2, 0.25) is 0 Å². The Bertz CT molecular complexity index is 517. The van der Waals surface area contributed by atoms with Crippen LogP contribution in [0.25, 0.3) is 0 Å². The molecular weight excluding hydrogens is 276 g/mol. The number of nitrogens with zero attached hydrogens (tertiary/aromatic N) is 1. The number of thiophene rings is 1. The molecule has 2 atom stereocenters. The molecule has 0 amide bonds. The Labute approximate surface area is 131 Å². The van der Waals surface area contributed by atoms with Crippen molar-refractivity contribution in [3.05, 3.63) is 58.3 Å². The second-order valence-corrected chi connectivity index (χ2v) is 6.79. The topological polar surface area (TPSA) is 15.3 Å². The van der Waals surface area contributed by atoms with Gasteiger partial charge in [0.25, 0.3) is 0 Å². The summed E-state index contributed by atoms with van der Waals surface area (Å²) in [5.41, 5.74) is 1.36. The van der Waals surface area contributed by atoms with E-state index in [0.717, 1.165) is 6.54 Å². The third-order valence-electron chi connectivity index (χ3n) is 4.37. The van der Waals surface area contributed by atoms with Crippen LogP contribution in [0.3, 0.4) is 0 Å². The third kappa shape index (κ3) is 3.73. The zero-order valence-electron chi connectivity index (χ0n) is 12.7. The number of hydrogen-bond acceptors (Lipinski definition) is 3. The van der Waals surface area contributed by atoms with Gasteiger partial charge in [-0.3, -0.25) is 4.90 Å².